The van der Waals surface area contributed by atoms with Gasteiger partial charge in [0.05, 0.1) is 4.90 Å². The number of benzene rings is 1. The number of rotatable bonds is 5. The first-order chi connectivity index (χ1) is 11.0. The van der Waals surface area contributed by atoms with Gasteiger partial charge in [0, 0.05) is 9.43 Å². The Morgan fingerprint density at radius 3 is 1.58 bits per heavy atom. The van der Waals surface area contributed by atoms with Gasteiger partial charge >= 0.3 is 0 Å². The average Bonchev–Trinajstić information content (AvgIpc) is 2.46. The average molecular weight is 352 g/mol. The van der Waals surface area contributed by atoms with Gasteiger partial charge in [-0.15, -0.1) is 5.53 Å². The van der Waals surface area contributed by atoms with E-state index in [-0.39, 0.29) is 16.7 Å². The summed E-state index contributed by atoms with van der Waals surface area (Å²) in [6.07, 6.45) is 0. The number of hydrogen-bond acceptors (Lipinski definition) is 3. The maximum atomic E-state index is 12.3. The van der Waals surface area contributed by atoms with Crippen LogP contribution in [0.15, 0.2) is 21.5 Å². The molecule has 0 aliphatic heterocycles. The Bertz CT molecular complexity index is 727. The van der Waals surface area contributed by atoms with Gasteiger partial charge in [0.1, 0.15) is 0 Å². The highest BCUT2D eigenvalue weighted by Gasteiger charge is 2.26. The van der Waals surface area contributed by atoms with E-state index < -0.39 is 10.0 Å². The maximum absolute atomic E-state index is 12.3. The molecule has 24 heavy (non-hydrogen) atoms. The molecule has 0 atom stereocenters. The first-order valence-corrected chi connectivity index (χ1v) is 8.97. The predicted octanol–water partition coefficient (Wildman–Crippen LogP) is 5.93. The van der Waals surface area contributed by atoms with Gasteiger partial charge in [-0.1, -0.05) is 53.7 Å². The molecule has 0 fully saturated rings. The van der Waals surface area contributed by atoms with Crippen molar-refractivity contribution in [1.82, 2.24) is 0 Å². The molecular formula is C15H24N6O2S. The van der Waals surface area contributed by atoms with E-state index in [0.29, 0.717) is 5.92 Å². The van der Waals surface area contributed by atoms with Crippen LogP contribution in [0.5, 0.6) is 0 Å². The monoisotopic (exact) mass is 352 g/mol. The van der Waals surface area contributed by atoms with Gasteiger partial charge in [0.15, 0.2) is 0 Å². The third kappa shape index (κ3) is 5.45. The number of hydrogen-bond donors (Lipinski definition) is 1. The van der Waals surface area contributed by atoms with Crippen molar-refractivity contribution in [2.45, 2.75) is 64.2 Å². The zero-order valence-electron chi connectivity index (χ0n) is 14.8. The van der Waals surface area contributed by atoms with Crippen LogP contribution >= 0.6 is 0 Å². The standard InChI is InChI=1S/C15H23N3O2S.HN3/c1-9(2)12-7-13(10(3)4)15(14(8-12)11(5)6)21(19,20)18-17-16;1-3-2/h7-11H,1-6H3;1H. The van der Waals surface area contributed by atoms with Gasteiger partial charge in [-0.25, -0.2) is 8.42 Å². The highest BCUT2D eigenvalue weighted by atomic mass is 32.2. The molecule has 0 aromatic heterocycles. The number of nitrogens with one attached hydrogen (secondary N) is 1. The molecule has 9 heteroatoms. The maximum Gasteiger partial charge on any atom is 0.264 e. The van der Waals surface area contributed by atoms with Crippen LogP contribution in [-0.2, 0) is 10.0 Å². The molecule has 0 aliphatic rings. The van der Waals surface area contributed by atoms with Gasteiger partial charge in [-0.2, -0.15) is 0 Å². The summed E-state index contributed by atoms with van der Waals surface area (Å²) in [7, 11) is -4.00. The van der Waals surface area contributed by atoms with Gasteiger partial charge in [0.25, 0.3) is 10.0 Å². The van der Waals surface area contributed by atoms with Crippen LogP contribution in [-0.4, -0.2) is 8.42 Å². The SMILES string of the molecule is CC(C)c1cc(C(C)C)c(S(=O)(=O)N=[N+]=[N-])c(C(C)C)c1.[N-]=[N+]=N. The summed E-state index contributed by atoms with van der Waals surface area (Å²) < 4.78 is 27.7. The molecule has 0 heterocycles. The molecule has 0 amide bonds. The third-order valence-corrected chi connectivity index (χ3v) is 4.76. The van der Waals surface area contributed by atoms with Crippen molar-refractivity contribution in [1.29, 1.82) is 5.53 Å². The van der Waals surface area contributed by atoms with E-state index in [9.17, 15) is 8.42 Å². The third-order valence-electron chi connectivity index (χ3n) is 3.48. The largest absolute Gasteiger partial charge is 0.264 e. The van der Waals surface area contributed by atoms with Crippen molar-refractivity contribution in [2.24, 2.45) is 4.52 Å². The molecule has 8 nitrogen and oxygen atoms in total. The Hall–Kier alpha value is -2.21. The van der Waals surface area contributed by atoms with Crippen molar-refractivity contribution >= 4 is 10.0 Å². The molecule has 0 saturated heterocycles. The highest BCUT2D eigenvalue weighted by molar-refractivity contribution is 7.90. The molecule has 1 aromatic rings. The summed E-state index contributed by atoms with van der Waals surface area (Å²) >= 11 is 0. The zero-order valence-corrected chi connectivity index (χ0v) is 15.7. The van der Waals surface area contributed by atoms with Crippen LogP contribution in [0.1, 0.15) is 76.0 Å². The van der Waals surface area contributed by atoms with E-state index >= 15 is 0 Å². The number of nitrogens with zero attached hydrogens (tertiary/aromatic N) is 5. The van der Waals surface area contributed by atoms with Crippen molar-refractivity contribution in [3.8, 4) is 0 Å². The van der Waals surface area contributed by atoms with Crippen molar-refractivity contribution in [2.75, 3.05) is 0 Å². The molecule has 0 spiro atoms. The second kappa shape index (κ2) is 9.17. The Morgan fingerprint density at radius 2 is 1.33 bits per heavy atom. The molecule has 1 N–H and O–H groups in total. The molecule has 0 aliphatic carbocycles. The second-order valence-electron chi connectivity index (χ2n) is 6.24. The highest BCUT2D eigenvalue weighted by Crippen LogP contribution is 2.35. The van der Waals surface area contributed by atoms with E-state index in [1.165, 1.54) is 0 Å². The molecule has 0 saturated carbocycles. The first kappa shape index (κ1) is 21.8. The van der Waals surface area contributed by atoms with Crippen molar-refractivity contribution < 1.29 is 8.42 Å². The lowest BCUT2D eigenvalue weighted by atomic mass is 9.89. The molecule has 0 bridgehead atoms. The minimum absolute atomic E-state index is 0.0277. The Balaban J connectivity index is 0.00000163. The summed E-state index contributed by atoms with van der Waals surface area (Å²) in [6.45, 7) is 11.9. The van der Waals surface area contributed by atoms with E-state index in [0.717, 1.165) is 16.7 Å². The van der Waals surface area contributed by atoms with Gasteiger partial charge < -0.3 is 0 Å². The fourth-order valence-corrected chi connectivity index (χ4v) is 3.64. The van der Waals surface area contributed by atoms with Gasteiger partial charge in [-0.05, 0) is 50.4 Å². The van der Waals surface area contributed by atoms with Crippen LogP contribution in [0.4, 0.5) is 0 Å². The van der Waals surface area contributed by atoms with Crippen LogP contribution in [0.25, 0.3) is 20.9 Å². The quantitative estimate of drug-likeness (QED) is 0.398. The zero-order chi connectivity index (χ0) is 19.1. The van der Waals surface area contributed by atoms with Crippen LogP contribution in [0.2, 0.25) is 0 Å². The van der Waals surface area contributed by atoms with Crippen molar-refractivity contribution in [3.63, 3.8) is 0 Å². The van der Waals surface area contributed by atoms with E-state index in [1.807, 2.05) is 39.8 Å². The van der Waals surface area contributed by atoms with Gasteiger partial charge in [0.2, 0.25) is 0 Å². The molecule has 0 unspecified atom stereocenters. The molecule has 1 rings (SSSR count). The fraction of sp³-hybridized carbons (Fsp3) is 0.600. The van der Waals surface area contributed by atoms with Crippen molar-refractivity contribution in [3.05, 3.63) is 49.7 Å². The summed E-state index contributed by atoms with van der Waals surface area (Å²) in [5.74, 6) is 0.357. The molecule has 132 valence electrons. The lowest BCUT2D eigenvalue weighted by Gasteiger charge is -2.21. The summed E-state index contributed by atoms with van der Waals surface area (Å²) in [5, 5.41) is 0. The topological polar surface area (TPSA) is 143 Å². The predicted molar refractivity (Wildman–Crippen MR) is 94.5 cm³/mol. The minimum Gasteiger partial charge on any atom is -0.216 e. The lowest BCUT2D eigenvalue weighted by molar-refractivity contribution is 0.592. The normalized spacial score (nSPS) is 10.9. The summed E-state index contributed by atoms with van der Waals surface area (Å²) in [5.41, 5.74) is 23.3. The van der Waals surface area contributed by atoms with Crippen LogP contribution < -0.4 is 0 Å². The number of sulfonamides is 1. The Kier molecular flexibility index (Phi) is 8.33. The molecule has 0 radical (unpaired) electrons. The van der Waals surface area contributed by atoms with Crippen LogP contribution in [0.3, 0.4) is 0 Å². The smallest absolute Gasteiger partial charge is 0.216 e. The summed E-state index contributed by atoms with van der Waals surface area (Å²) in [6, 6.07) is 3.84. The fourth-order valence-electron chi connectivity index (χ4n) is 2.28. The Morgan fingerprint density at radius 1 is 0.958 bits per heavy atom. The van der Waals surface area contributed by atoms with E-state index in [2.05, 4.69) is 23.3 Å². The number of azide groups is 1. The minimum atomic E-state index is -4.00. The lowest BCUT2D eigenvalue weighted by Crippen LogP contribution is -2.10. The second-order valence-corrected chi connectivity index (χ2v) is 7.76. The summed E-state index contributed by atoms with van der Waals surface area (Å²) in [4.78, 5) is 4.40. The Labute approximate surface area is 143 Å². The van der Waals surface area contributed by atoms with E-state index in [4.69, 9.17) is 16.6 Å². The van der Waals surface area contributed by atoms with Crippen LogP contribution in [0, 0.1) is 5.53 Å². The first-order valence-electron chi connectivity index (χ1n) is 7.53. The van der Waals surface area contributed by atoms with E-state index in [1.54, 1.807) is 4.91 Å². The van der Waals surface area contributed by atoms with Gasteiger partial charge in [-0.3, -0.25) is 0 Å². The molecular weight excluding hydrogens is 328 g/mol. The molecule has 1 aromatic carbocycles.